The van der Waals surface area contributed by atoms with Crippen molar-refractivity contribution in [2.75, 3.05) is 0 Å². The van der Waals surface area contributed by atoms with E-state index in [1.54, 1.807) is 6.07 Å². The Morgan fingerprint density at radius 3 is 2.53 bits per heavy atom. The van der Waals surface area contributed by atoms with Gasteiger partial charge in [-0.2, -0.15) is 13.2 Å². The van der Waals surface area contributed by atoms with Crippen molar-refractivity contribution in [3.05, 3.63) is 74.2 Å². The van der Waals surface area contributed by atoms with E-state index in [1.165, 1.54) is 29.6 Å². The average Bonchev–Trinajstić information content (AvgIpc) is 3.19. The maximum absolute atomic E-state index is 12.7. The van der Waals surface area contributed by atoms with E-state index in [0.29, 0.717) is 6.20 Å². The minimum atomic E-state index is -4.59. The summed E-state index contributed by atoms with van der Waals surface area (Å²) < 4.78 is 68.2. The van der Waals surface area contributed by atoms with Crippen LogP contribution in [0.4, 0.5) is 13.2 Å². The fraction of sp³-hybridized carbons (Fsp3) is 0.111. The molecular formula is C18H12Cl2F3N3O4S2. The van der Waals surface area contributed by atoms with E-state index < -0.39 is 27.7 Å². The monoisotopic (exact) mass is 525 g/mol. The molecule has 0 bridgehead atoms. The van der Waals surface area contributed by atoms with Crippen LogP contribution in [0.5, 0.6) is 5.75 Å². The Morgan fingerprint density at radius 2 is 1.88 bits per heavy atom. The molecule has 32 heavy (non-hydrogen) atoms. The number of carbonyl (C=O) groups is 1. The molecular weight excluding hydrogens is 514 g/mol. The Balaban J connectivity index is 1.67. The van der Waals surface area contributed by atoms with Crippen LogP contribution >= 0.6 is 34.5 Å². The number of sulfonamides is 1. The molecule has 0 atom stereocenters. The van der Waals surface area contributed by atoms with Crippen LogP contribution in [0.25, 0.3) is 0 Å². The number of benzene rings is 1. The Labute approximate surface area is 194 Å². The van der Waals surface area contributed by atoms with Crippen LogP contribution < -0.4 is 15.0 Å². The third-order valence-electron chi connectivity index (χ3n) is 3.87. The number of hydrogen-bond donors (Lipinski definition) is 2. The second-order valence-corrected chi connectivity index (χ2v) is 9.42. The molecule has 3 aromatic rings. The number of alkyl halides is 3. The maximum atomic E-state index is 12.7. The Bertz CT molecular complexity index is 1250. The van der Waals surface area contributed by atoms with Crippen molar-refractivity contribution in [3.63, 3.8) is 0 Å². The number of amides is 1. The van der Waals surface area contributed by atoms with E-state index in [0.717, 1.165) is 17.4 Å². The van der Waals surface area contributed by atoms with Crippen LogP contribution in [-0.4, -0.2) is 19.3 Å². The van der Waals surface area contributed by atoms with Crippen LogP contribution in [-0.2, 0) is 22.8 Å². The standard InChI is InChI=1S/C18H12Cl2F3N3O4S2/c19-11-3-1-2-4-15(11)32(28,29)26-25-17(27)16-14(5-6-31-16)30-9-13-12(20)7-10(8-24-13)18(21,22)23/h1-8,26H,9H2,(H,25,27). The van der Waals surface area contributed by atoms with Gasteiger partial charge in [-0.1, -0.05) is 35.3 Å². The van der Waals surface area contributed by atoms with Gasteiger partial charge in [0.05, 0.1) is 21.3 Å². The predicted molar refractivity (Wildman–Crippen MR) is 112 cm³/mol. The summed E-state index contributed by atoms with van der Waals surface area (Å²) in [5.74, 6) is -0.765. The molecule has 2 N–H and O–H groups in total. The number of aromatic nitrogens is 1. The van der Waals surface area contributed by atoms with E-state index in [-0.39, 0.29) is 37.9 Å². The summed E-state index contributed by atoms with van der Waals surface area (Å²) >= 11 is 12.7. The third-order valence-corrected chi connectivity index (χ3v) is 6.84. The van der Waals surface area contributed by atoms with Gasteiger partial charge in [0.25, 0.3) is 15.9 Å². The summed E-state index contributed by atoms with van der Waals surface area (Å²) in [6.07, 6.45) is -3.97. The molecule has 3 rings (SSSR count). The van der Waals surface area contributed by atoms with Crippen LogP contribution in [0.2, 0.25) is 10.0 Å². The predicted octanol–water partition coefficient (Wildman–Crippen LogP) is 4.67. The lowest BCUT2D eigenvalue weighted by molar-refractivity contribution is -0.137. The molecule has 0 unspecified atom stereocenters. The smallest absolute Gasteiger partial charge is 0.417 e. The number of nitrogens with zero attached hydrogens (tertiary/aromatic N) is 1. The van der Waals surface area contributed by atoms with Crippen molar-refractivity contribution < 1.29 is 31.1 Å². The first-order valence-corrected chi connectivity index (χ1v) is 11.6. The van der Waals surface area contributed by atoms with E-state index in [2.05, 4.69) is 10.4 Å². The molecule has 1 amide bonds. The first-order chi connectivity index (χ1) is 15.0. The fourth-order valence-corrected chi connectivity index (χ4v) is 4.65. The van der Waals surface area contributed by atoms with E-state index in [9.17, 15) is 26.4 Å². The van der Waals surface area contributed by atoms with Gasteiger partial charge in [-0.05, 0) is 29.6 Å². The first-order valence-electron chi connectivity index (χ1n) is 8.47. The van der Waals surface area contributed by atoms with Crippen molar-refractivity contribution >= 4 is 50.5 Å². The van der Waals surface area contributed by atoms with E-state index in [4.69, 9.17) is 27.9 Å². The van der Waals surface area contributed by atoms with Crippen molar-refractivity contribution in [3.8, 4) is 5.75 Å². The van der Waals surface area contributed by atoms with Crippen LogP contribution in [0.3, 0.4) is 0 Å². The lowest BCUT2D eigenvalue weighted by Gasteiger charge is -2.11. The summed E-state index contributed by atoms with van der Waals surface area (Å²) in [5, 5.41) is 1.22. The molecule has 1 aromatic carbocycles. The molecule has 0 radical (unpaired) electrons. The SMILES string of the molecule is O=C(NNS(=O)(=O)c1ccccc1Cl)c1sccc1OCc1ncc(C(F)(F)F)cc1Cl. The summed E-state index contributed by atoms with van der Waals surface area (Å²) in [6, 6.07) is 7.81. The number of nitrogens with one attached hydrogen (secondary N) is 2. The van der Waals surface area contributed by atoms with Gasteiger partial charge >= 0.3 is 6.18 Å². The highest BCUT2D eigenvalue weighted by atomic mass is 35.5. The Hall–Kier alpha value is -2.38. The van der Waals surface area contributed by atoms with Gasteiger partial charge in [0.1, 0.15) is 22.1 Å². The summed E-state index contributed by atoms with van der Waals surface area (Å²) in [7, 11) is -4.14. The van der Waals surface area contributed by atoms with Gasteiger partial charge < -0.3 is 4.74 Å². The molecule has 170 valence electrons. The zero-order valence-electron chi connectivity index (χ0n) is 15.6. The number of hydrogen-bond acceptors (Lipinski definition) is 6. The molecule has 14 heteroatoms. The normalized spacial score (nSPS) is 11.9. The molecule has 0 saturated heterocycles. The molecule has 0 fully saturated rings. The summed E-state index contributed by atoms with van der Waals surface area (Å²) in [6.45, 7) is -0.320. The number of pyridine rings is 1. The maximum Gasteiger partial charge on any atom is 0.417 e. The molecule has 0 aliphatic carbocycles. The lowest BCUT2D eigenvalue weighted by atomic mass is 10.2. The van der Waals surface area contributed by atoms with Gasteiger partial charge in [0.15, 0.2) is 0 Å². The van der Waals surface area contributed by atoms with Gasteiger partial charge in [0.2, 0.25) is 0 Å². The Morgan fingerprint density at radius 1 is 1.16 bits per heavy atom. The van der Waals surface area contributed by atoms with Gasteiger partial charge in [-0.25, -0.2) is 8.42 Å². The van der Waals surface area contributed by atoms with Gasteiger partial charge in [-0.3, -0.25) is 15.2 Å². The van der Waals surface area contributed by atoms with E-state index in [1.807, 2.05) is 4.83 Å². The fourth-order valence-electron chi connectivity index (χ4n) is 2.34. The number of halogens is 5. The number of thiophene rings is 1. The van der Waals surface area contributed by atoms with Crippen LogP contribution in [0.1, 0.15) is 20.9 Å². The minimum Gasteiger partial charge on any atom is -0.486 e. The Kier molecular flexibility index (Phi) is 7.30. The number of hydrazine groups is 1. The zero-order valence-corrected chi connectivity index (χ0v) is 18.8. The highest BCUT2D eigenvalue weighted by molar-refractivity contribution is 7.89. The lowest BCUT2D eigenvalue weighted by Crippen LogP contribution is -2.41. The molecule has 2 heterocycles. The van der Waals surface area contributed by atoms with Gasteiger partial charge in [-0.15, -0.1) is 16.2 Å². The molecule has 0 saturated carbocycles. The summed E-state index contributed by atoms with van der Waals surface area (Å²) in [4.78, 5) is 17.8. The molecule has 0 spiro atoms. The molecule has 2 aromatic heterocycles. The first kappa shape index (κ1) is 24.3. The van der Waals surface area contributed by atoms with Crippen LogP contribution in [0.15, 0.2) is 52.9 Å². The molecule has 0 aliphatic heterocycles. The molecule has 7 nitrogen and oxygen atoms in total. The van der Waals surface area contributed by atoms with E-state index >= 15 is 0 Å². The second-order valence-electron chi connectivity index (χ2n) is 6.04. The van der Waals surface area contributed by atoms with Crippen molar-refractivity contribution in [2.24, 2.45) is 0 Å². The third kappa shape index (κ3) is 5.70. The number of ether oxygens (including phenoxy) is 1. The quantitative estimate of drug-likeness (QED) is 0.437. The van der Waals surface area contributed by atoms with Crippen molar-refractivity contribution in [1.29, 1.82) is 0 Å². The van der Waals surface area contributed by atoms with Gasteiger partial charge in [0, 0.05) is 6.20 Å². The second kappa shape index (κ2) is 9.63. The highest BCUT2D eigenvalue weighted by Gasteiger charge is 2.31. The largest absolute Gasteiger partial charge is 0.486 e. The van der Waals surface area contributed by atoms with Crippen LogP contribution in [0, 0.1) is 0 Å². The zero-order chi connectivity index (χ0) is 23.5. The summed E-state index contributed by atoms with van der Waals surface area (Å²) in [5.41, 5.74) is 1.07. The average molecular weight is 526 g/mol. The number of carbonyl (C=O) groups excluding carboxylic acids is 1. The van der Waals surface area contributed by atoms with Crippen molar-refractivity contribution in [1.82, 2.24) is 15.2 Å². The number of rotatable bonds is 7. The molecule has 0 aliphatic rings. The topological polar surface area (TPSA) is 97.4 Å². The van der Waals surface area contributed by atoms with Crippen molar-refractivity contribution in [2.45, 2.75) is 17.7 Å². The highest BCUT2D eigenvalue weighted by Crippen LogP contribution is 2.32. The minimum absolute atomic E-state index is 0.00916.